The topological polar surface area (TPSA) is 66.4 Å². The minimum Gasteiger partial charge on any atom is -0.480 e. The van der Waals surface area contributed by atoms with E-state index in [4.69, 9.17) is 5.11 Å². The molecule has 0 spiro atoms. The molecule has 17 heavy (non-hydrogen) atoms. The summed E-state index contributed by atoms with van der Waals surface area (Å²) < 4.78 is 26.3. The van der Waals surface area contributed by atoms with Crippen LogP contribution < -0.4 is 5.32 Å². The van der Waals surface area contributed by atoms with Crippen LogP contribution in [-0.4, -0.2) is 23.0 Å². The first kappa shape index (κ1) is 13.1. The van der Waals surface area contributed by atoms with Crippen LogP contribution in [0.4, 0.5) is 8.78 Å². The summed E-state index contributed by atoms with van der Waals surface area (Å²) in [5.41, 5.74) is -0.373. The van der Waals surface area contributed by atoms with E-state index in [1.54, 1.807) is 0 Å². The number of carboxylic acid groups (broad SMARTS) is 1. The predicted octanol–water partition coefficient (Wildman–Crippen LogP) is 1.10. The maximum absolute atomic E-state index is 13.2. The van der Waals surface area contributed by atoms with Crippen molar-refractivity contribution >= 4 is 11.9 Å². The van der Waals surface area contributed by atoms with E-state index in [0.717, 1.165) is 12.1 Å². The minimum absolute atomic E-state index is 0.373. The highest BCUT2D eigenvalue weighted by molar-refractivity contribution is 5.84. The second kappa shape index (κ2) is 5.38. The Balaban J connectivity index is 2.72. The molecule has 0 saturated heterocycles. The van der Waals surface area contributed by atoms with Crippen molar-refractivity contribution in [1.82, 2.24) is 5.32 Å². The summed E-state index contributed by atoms with van der Waals surface area (Å²) in [7, 11) is 0. The van der Waals surface area contributed by atoms with Gasteiger partial charge in [-0.15, -0.1) is 0 Å². The molecule has 0 aromatic heterocycles. The average Bonchev–Trinajstić information content (AvgIpc) is 2.23. The number of benzene rings is 1. The fourth-order valence-electron chi connectivity index (χ4n) is 1.22. The Kier molecular flexibility index (Phi) is 4.14. The van der Waals surface area contributed by atoms with Gasteiger partial charge in [0.05, 0.1) is 6.42 Å². The van der Waals surface area contributed by atoms with Gasteiger partial charge in [-0.25, -0.2) is 8.78 Å². The Morgan fingerprint density at radius 1 is 1.35 bits per heavy atom. The van der Waals surface area contributed by atoms with Gasteiger partial charge in [-0.2, -0.15) is 0 Å². The minimum atomic E-state index is -1.22. The van der Waals surface area contributed by atoms with Gasteiger partial charge in [-0.3, -0.25) is 9.59 Å². The van der Waals surface area contributed by atoms with Gasteiger partial charge >= 0.3 is 5.97 Å². The smallest absolute Gasteiger partial charge is 0.325 e. The van der Waals surface area contributed by atoms with Crippen LogP contribution in [0.25, 0.3) is 0 Å². The third-order valence-corrected chi connectivity index (χ3v) is 2.15. The molecule has 1 aromatic rings. The van der Waals surface area contributed by atoms with Gasteiger partial charge < -0.3 is 10.4 Å². The molecule has 1 amide bonds. The zero-order valence-electron chi connectivity index (χ0n) is 9.04. The van der Waals surface area contributed by atoms with Crippen LogP contribution in [0.5, 0.6) is 0 Å². The molecular formula is C11H11F2NO3. The van der Waals surface area contributed by atoms with E-state index in [1.807, 2.05) is 0 Å². The maximum Gasteiger partial charge on any atom is 0.325 e. The second-order valence-corrected chi connectivity index (χ2v) is 3.50. The molecule has 0 saturated carbocycles. The zero-order chi connectivity index (χ0) is 13.0. The van der Waals surface area contributed by atoms with Crippen LogP contribution in [0.2, 0.25) is 0 Å². The largest absolute Gasteiger partial charge is 0.480 e. The van der Waals surface area contributed by atoms with E-state index in [1.165, 1.54) is 13.0 Å². The SMILES string of the molecule is C[C@@H](NC(=O)Cc1c(F)cccc1F)C(=O)O. The number of halogens is 2. The summed E-state index contributed by atoms with van der Waals surface area (Å²) in [6.45, 7) is 1.26. The molecule has 0 heterocycles. The van der Waals surface area contributed by atoms with E-state index in [0.29, 0.717) is 0 Å². The highest BCUT2D eigenvalue weighted by atomic mass is 19.1. The predicted molar refractivity (Wildman–Crippen MR) is 55.3 cm³/mol. The zero-order valence-corrected chi connectivity index (χ0v) is 9.04. The molecule has 0 radical (unpaired) electrons. The van der Waals surface area contributed by atoms with Gasteiger partial charge in [0.1, 0.15) is 17.7 Å². The number of rotatable bonds is 4. The van der Waals surface area contributed by atoms with Crippen molar-refractivity contribution in [1.29, 1.82) is 0 Å². The molecule has 6 heteroatoms. The Hall–Kier alpha value is -1.98. The van der Waals surface area contributed by atoms with E-state index in [-0.39, 0.29) is 5.56 Å². The number of amides is 1. The lowest BCUT2D eigenvalue weighted by Gasteiger charge is -2.09. The average molecular weight is 243 g/mol. The van der Waals surface area contributed by atoms with Crippen molar-refractivity contribution in [2.45, 2.75) is 19.4 Å². The Morgan fingerprint density at radius 2 is 1.88 bits per heavy atom. The summed E-state index contributed by atoms with van der Waals surface area (Å²) in [5, 5.41) is 10.7. The number of carboxylic acids is 1. The Labute approximate surface area is 96.3 Å². The summed E-state index contributed by atoms with van der Waals surface area (Å²) in [5.74, 6) is -3.62. The molecule has 0 bridgehead atoms. The van der Waals surface area contributed by atoms with E-state index in [9.17, 15) is 18.4 Å². The van der Waals surface area contributed by atoms with Crippen molar-refractivity contribution in [3.8, 4) is 0 Å². The Morgan fingerprint density at radius 3 is 2.35 bits per heavy atom. The number of nitrogens with one attached hydrogen (secondary N) is 1. The lowest BCUT2D eigenvalue weighted by Crippen LogP contribution is -2.39. The lowest BCUT2D eigenvalue weighted by molar-refractivity contribution is -0.141. The van der Waals surface area contributed by atoms with Crippen molar-refractivity contribution in [2.75, 3.05) is 0 Å². The molecule has 0 fully saturated rings. The first-order valence-electron chi connectivity index (χ1n) is 4.87. The molecule has 0 aliphatic rings. The van der Waals surface area contributed by atoms with Gasteiger partial charge in [0.25, 0.3) is 0 Å². The first-order valence-corrected chi connectivity index (χ1v) is 4.87. The standard InChI is InChI=1S/C11H11F2NO3/c1-6(11(16)17)14-10(15)5-7-8(12)3-2-4-9(7)13/h2-4,6H,5H2,1H3,(H,14,15)(H,16,17)/t6-/m1/s1. The quantitative estimate of drug-likeness (QED) is 0.832. The number of carbonyl (C=O) groups excluding carboxylic acids is 1. The van der Waals surface area contributed by atoms with Crippen molar-refractivity contribution in [2.24, 2.45) is 0 Å². The highest BCUT2D eigenvalue weighted by Crippen LogP contribution is 2.12. The third-order valence-electron chi connectivity index (χ3n) is 2.15. The van der Waals surface area contributed by atoms with Gasteiger partial charge in [0.15, 0.2) is 0 Å². The van der Waals surface area contributed by atoms with E-state index < -0.39 is 36.0 Å². The van der Waals surface area contributed by atoms with Crippen LogP contribution in [0.3, 0.4) is 0 Å². The highest BCUT2D eigenvalue weighted by Gasteiger charge is 2.17. The Bertz CT molecular complexity index is 428. The maximum atomic E-state index is 13.2. The van der Waals surface area contributed by atoms with Gasteiger partial charge in [0, 0.05) is 5.56 Å². The van der Waals surface area contributed by atoms with Crippen LogP contribution in [0, 0.1) is 11.6 Å². The molecule has 0 aliphatic carbocycles. The van der Waals surface area contributed by atoms with Crippen LogP contribution in [0.15, 0.2) is 18.2 Å². The summed E-state index contributed by atoms with van der Waals surface area (Å²) in [6.07, 6.45) is -0.532. The second-order valence-electron chi connectivity index (χ2n) is 3.50. The lowest BCUT2D eigenvalue weighted by atomic mass is 10.1. The summed E-state index contributed by atoms with van der Waals surface area (Å²) in [6, 6.07) is 2.15. The molecule has 0 unspecified atom stereocenters. The van der Waals surface area contributed by atoms with Crippen molar-refractivity contribution in [3.63, 3.8) is 0 Å². The number of hydrogen-bond acceptors (Lipinski definition) is 2. The molecule has 2 N–H and O–H groups in total. The van der Waals surface area contributed by atoms with E-state index in [2.05, 4.69) is 5.32 Å². The van der Waals surface area contributed by atoms with Crippen LogP contribution in [0.1, 0.15) is 12.5 Å². The first-order chi connectivity index (χ1) is 7.91. The normalized spacial score (nSPS) is 11.9. The molecule has 0 aliphatic heterocycles. The molecular weight excluding hydrogens is 232 g/mol. The molecule has 1 rings (SSSR count). The van der Waals surface area contributed by atoms with Crippen molar-refractivity contribution in [3.05, 3.63) is 35.4 Å². The number of hydrogen-bond donors (Lipinski definition) is 2. The van der Waals surface area contributed by atoms with Crippen LogP contribution in [-0.2, 0) is 16.0 Å². The fourth-order valence-corrected chi connectivity index (χ4v) is 1.22. The molecule has 1 aromatic carbocycles. The van der Waals surface area contributed by atoms with Crippen molar-refractivity contribution < 1.29 is 23.5 Å². The van der Waals surface area contributed by atoms with Gasteiger partial charge in [-0.05, 0) is 19.1 Å². The molecule has 92 valence electrons. The van der Waals surface area contributed by atoms with Crippen LogP contribution >= 0.6 is 0 Å². The monoisotopic (exact) mass is 243 g/mol. The van der Waals surface area contributed by atoms with Gasteiger partial charge in [0.2, 0.25) is 5.91 Å². The summed E-state index contributed by atoms with van der Waals surface area (Å²) >= 11 is 0. The number of carbonyl (C=O) groups is 2. The third kappa shape index (κ3) is 3.51. The van der Waals surface area contributed by atoms with Gasteiger partial charge in [-0.1, -0.05) is 6.07 Å². The number of aliphatic carboxylic acids is 1. The molecule has 1 atom stereocenters. The molecule has 4 nitrogen and oxygen atoms in total. The summed E-state index contributed by atoms with van der Waals surface area (Å²) in [4.78, 5) is 21.8. The fraction of sp³-hybridized carbons (Fsp3) is 0.273. The van der Waals surface area contributed by atoms with E-state index >= 15 is 0 Å².